The fourth-order valence-electron chi connectivity index (χ4n) is 2.28. The molecule has 2 aromatic heterocycles. The second kappa shape index (κ2) is 9.86. The van der Waals surface area contributed by atoms with Crippen LogP contribution in [0.25, 0.3) is 0 Å². The van der Waals surface area contributed by atoms with Crippen LogP contribution in [0, 0.1) is 0 Å². The van der Waals surface area contributed by atoms with E-state index in [4.69, 9.17) is 4.74 Å². The molecular weight excluding hydrogens is 396 g/mol. The minimum atomic E-state index is -0.222. The van der Waals surface area contributed by atoms with Gasteiger partial charge < -0.3 is 15.4 Å². The number of hydrogen-bond acceptors (Lipinski definition) is 7. The molecule has 0 radical (unpaired) electrons. The average Bonchev–Trinajstić information content (AvgIpc) is 3.27. The first-order valence-electron chi connectivity index (χ1n) is 8.35. The van der Waals surface area contributed by atoms with E-state index >= 15 is 0 Å². The van der Waals surface area contributed by atoms with Gasteiger partial charge in [-0.1, -0.05) is 36.0 Å². The maximum atomic E-state index is 12.1. The Labute approximate surface area is 170 Å². The number of rotatable bonds is 8. The van der Waals surface area contributed by atoms with Gasteiger partial charge in [0.2, 0.25) is 5.91 Å². The molecule has 0 fully saturated rings. The number of carbonyl (C=O) groups excluding carboxylic acids is 2. The maximum Gasteiger partial charge on any atom is 0.266 e. The number of ether oxygens (including phenoxy) is 1. The van der Waals surface area contributed by atoms with Crippen molar-refractivity contribution in [1.82, 2.24) is 15.5 Å². The van der Waals surface area contributed by atoms with Crippen molar-refractivity contribution in [2.24, 2.45) is 0 Å². The molecule has 0 aliphatic heterocycles. The lowest BCUT2D eigenvalue weighted by atomic mass is 10.2. The van der Waals surface area contributed by atoms with Crippen LogP contribution in [0.15, 0.2) is 58.9 Å². The lowest BCUT2D eigenvalue weighted by molar-refractivity contribution is -0.118. The highest BCUT2D eigenvalue weighted by atomic mass is 32.2. The van der Waals surface area contributed by atoms with Crippen LogP contribution in [0.3, 0.4) is 0 Å². The second-order valence-electron chi connectivity index (χ2n) is 5.57. The summed E-state index contributed by atoms with van der Waals surface area (Å²) >= 11 is 2.62. The van der Waals surface area contributed by atoms with E-state index in [2.05, 4.69) is 20.8 Å². The van der Waals surface area contributed by atoms with Crippen LogP contribution < -0.4 is 15.4 Å². The number of amides is 2. The first-order chi connectivity index (χ1) is 13.7. The zero-order valence-electron chi connectivity index (χ0n) is 15.0. The number of benzene rings is 1. The smallest absolute Gasteiger partial charge is 0.266 e. The van der Waals surface area contributed by atoms with E-state index in [1.165, 1.54) is 23.1 Å². The molecule has 9 heteroatoms. The third-order valence-corrected chi connectivity index (χ3v) is 5.43. The Morgan fingerprint density at radius 1 is 1.11 bits per heavy atom. The van der Waals surface area contributed by atoms with E-state index in [0.717, 1.165) is 11.3 Å². The molecular formula is C19H18N4O3S2. The standard InChI is InChI=1S/C19H18N4O3S2/c1-26-14-6-3-2-5-13(14)11-20-17(24)12-28-18-9-8-16(22-23-18)21-19(25)15-7-4-10-27-15/h2-10H,11-12H2,1H3,(H,20,24)(H,21,22,25). The molecule has 7 nitrogen and oxygen atoms in total. The lowest BCUT2D eigenvalue weighted by Gasteiger charge is -2.09. The molecule has 2 amide bonds. The maximum absolute atomic E-state index is 12.1. The van der Waals surface area contributed by atoms with Gasteiger partial charge in [0, 0.05) is 12.1 Å². The van der Waals surface area contributed by atoms with Crippen molar-refractivity contribution in [2.75, 3.05) is 18.2 Å². The SMILES string of the molecule is COc1ccccc1CNC(=O)CSc1ccc(NC(=O)c2cccs2)nn1. The van der Waals surface area contributed by atoms with E-state index in [1.54, 1.807) is 25.3 Å². The minimum absolute atomic E-state index is 0.118. The molecule has 2 N–H and O–H groups in total. The van der Waals surface area contributed by atoms with Gasteiger partial charge in [-0.3, -0.25) is 9.59 Å². The predicted octanol–water partition coefficient (Wildman–Crippen LogP) is 3.21. The van der Waals surface area contributed by atoms with Crippen molar-refractivity contribution >= 4 is 40.7 Å². The van der Waals surface area contributed by atoms with Crippen molar-refractivity contribution in [3.05, 3.63) is 64.4 Å². The summed E-state index contributed by atoms with van der Waals surface area (Å²) in [5.74, 6) is 0.975. The summed E-state index contributed by atoms with van der Waals surface area (Å²) < 4.78 is 5.27. The highest BCUT2D eigenvalue weighted by Crippen LogP contribution is 2.18. The minimum Gasteiger partial charge on any atom is -0.496 e. The molecule has 2 heterocycles. The van der Waals surface area contributed by atoms with E-state index in [0.29, 0.717) is 22.3 Å². The molecule has 0 saturated carbocycles. The summed E-state index contributed by atoms with van der Waals surface area (Å²) in [4.78, 5) is 24.6. The third kappa shape index (κ3) is 5.54. The van der Waals surface area contributed by atoms with Crippen molar-refractivity contribution in [2.45, 2.75) is 11.6 Å². The van der Waals surface area contributed by atoms with Crippen LogP contribution >= 0.6 is 23.1 Å². The Bertz CT molecular complexity index is 931. The zero-order valence-corrected chi connectivity index (χ0v) is 16.7. The first-order valence-corrected chi connectivity index (χ1v) is 10.2. The Morgan fingerprint density at radius 3 is 2.68 bits per heavy atom. The molecule has 0 spiro atoms. The van der Waals surface area contributed by atoms with Crippen LogP contribution in [-0.4, -0.2) is 34.9 Å². The van der Waals surface area contributed by atoms with Crippen molar-refractivity contribution in [1.29, 1.82) is 0 Å². The van der Waals surface area contributed by atoms with Gasteiger partial charge in [0.25, 0.3) is 5.91 Å². The van der Waals surface area contributed by atoms with Gasteiger partial charge in [0.15, 0.2) is 5.82 Å². The lowest BCUT2D eigenvalue weighted by Crippen LogP contribution is -2.24. The summed E-state index contributed by atoms with van der Waals surface area (Å²) in [5.41, 5.74) is 0.911. The summed E-state index contributed by atoms with van der Waals surface area (Å²) in [5, 5.41) is 16.0. The van der Waals surface area contributed by atoms with Crippen molar-refractivity contribution < 1.29 is 14.3 Å². The topological polar surface area (TPSA) is 93.2 Å². The van der Waals surface area contributed by atoms with Crippen LogP contribution in [-0.2, 0) is 11.3 Å². The normalized spacial score (nSPS) is 10.3. The van der Waals surface area contributed by atoms with Crippen LogP contribution in [0.4, 0.5) is 5.82 Å². The monoisotopic (exact) mass is 414 g/mol. The van der Waals surface area contributed by atoms with Crippen LogP contribution in [0.1, 0.15) is 15.2 Å². The molecule has 0 bridgehead atoms. The number of nitrogens with one attached hydrogen (secondary N) is 2. The number of carbonyl (C=O) groups is 2. The molecule has 0 unspecified atom stereocenters. The second-order valence-corrected chi connectivity index (χ2v) is 7.51. The number of para-hydroxylation sites is 1. The fraction of sp³-hybridized carbons (Fsp3) is 0.158. The van der Waals surface area contributed by atoms with Crippen LogP contribution in [0.2, 0.25) is 0 Å². The van der Waals surface area contributed by atoms with Gasteiger partial charge in [-0.15, -0.1) is 21.5 Å². The fourth-order valence-corrected chi connectivity index (χ4v) is 3.55. The quantitative estimate of drug-likeness (QED) is 0.550. The molecule has 0 atom stereocenters. The van der Waals surface area contributed by atoms with E-state index < -0.39 is 0 Å². The number of nitrogens with zero attached hydrogens (tertiary/aromatic N) is 2. The number of aromatic nitrogens is 2. The van der Waals surface area contributed by atoms with E-state index in [1.807, 2.05) is 35.7 Å². The summed E-state index contributed by atoms with van der Waals surface area (Å²) in [7, 11) is 1.60. The number of thioether (sulfide) groups is 1. The van der Waals surface area contributed by atoms with Gasteiger partial charge in [0.1, 0.15) is 10.8 Å². The van der Waals surface area contributed by atoms with Crippen molar-refractivity contribution in [3.8, 4) is 5.75 Å². The van der Waals surface area contributed by atoms with Gasteiger partial charge in [-0.25, -0.2) is 0 Å². The average molecular weight is 415 g/mol. The molecule has 3 rings (SSSR count). The number of thiophene rings is 1. The summed E-state index contributed by atoms with van der Waals surface area (Å²) in [6, 6.07) is 14.5. The Morgan fingerprint density at radius 2 is 1.96 bits per heavy atom. The third-order valence-electron chi connectivity index (χ3n) is 3.65. The van der Waals surface area contributed by atoms with E-state index in [-0.39, 0.29) is 17.6 Å². The molecule has 144 valence electrons. The number of anilines is 1. The molecule has 0 saturated heterocycles. The van der Waals surface area contributed by atoms with Gasteiger partial charge in [-0.05, 0) is 29.6 Å². The Balaban J connectivity index is 1.45. The predicted molar refractivity (Wildman–Crippen MR) is 110 cm³/mol. The molecule has 1 aromatic carbocycles. The summed E-state index contributed by atoms with van der Waals surface area (Å²) in [6.07, 6.45) is 0. The van der Waals surface area contributed by atoms with Crippen molar-refractivity contribution in [3.63, 3.8) is 0 Å². The Hall–Kier alpha value is -2.91. The summed E-state index contributed by atoms with van der Waals surface area (Å²) in [6.45, 7) is 0.392. The molecule has 0 aliphatic rings. The Kier molecular flexibility index (Phi) is 6.99. The number of hydrogen-bond donors (Lipinski definition) is 2. The molecule has 28 heavy (non-hydrogen) atoms. The number of methoxy groups -OCH3 is 1. The van der Waals surface area contributed by atoms with Crippen LogP contribution in [0.5, 0.6) is 5.75 Å². The molecule has 0 aliphatic carbocycles. The highest BCUT2D eigenvalue weighted by molar-refractivity contribution is 7.99. The largest absolute Gasteiger partial charge is 0.496 e. The molecule has 3 aromatic rings. The first kappa shape index (κ1) is 19.8. The van der Waals surface area contributed by atoms with Gasteiger partial charge in [-0.2, -0.15) is 0 Å². The van der Waals surface area contributed by atoms with Gasteiger partial charge in [0.05, 0.1) is 17.7 Å². The zero-order chi connectivity index (χ0) is 19.8. The van der Waals surface area contributed by atoms with Gasteiger partial charge >= 0.3 is 0 Å². The highest BCUT2D eigenvalue weighted by Gasteiger charge is 2.09. The van der Waals surface area contributed by atoms with E-state index in [9.17, 15) is 9.59 Å².